The number of aryl methyl sites for hydroxylation is 1. The second-order valence-corrected chi connectivity index (χ2v) is 4.31. The summed E-state index contributed by atoms with van der Waals surface area (Å²) in [6.07, 6.45) is -0.142. The van der Waals surface area contributed by atoms with Crippen LogP contribution in [0.5, 0.6) is 0 Å². The first-order valence-corrected chi connectivity index (χ1v) is 5.39. The Morgan fingerprint density at radius 2 is 1.94 bits per heavy atom. The van der Waals surface area contributed by atoms with Crippen molar-refractivity contribution in [3.8, 4) is 0 Å². The van der Waals surface area contributed by atoms with Gasteiger partial charge in [0.25, 0.3) is 0 Å². The maximum absolute atomic E-state index is 12.8. The third kappa shape index (κ3) is 3.05. The maximum Gasteiger partial charge on any atom is 0.338 e. The average molecular weight is 224 g/mol. The van der Waals surface area contributed by atoms with Gasteiger partial charge in [-0.15, -0.1) is 0 Å². The lowest BCUT2D eigenvalue weighted by atomic mass is 10.1. The number of carbonyl (C=O) groups is 1. The Labute approximate surface area is 95.4 Å². The normalized spacial score (nSPS) is 12.6. The van der Waals surface area contributed by atoms with Gasteiger partial charge in [0, 0.05) is 0 Å². The molecule has 1 aromatic rings. The fourth-order valence-corrected chi connectivity index (χ4v) is 1.22. The van der Waals surface area contributed by atoms with E-state index in [0.717, 1.165) is 0 Å². The van der Waals surface area contributed by atoms with Crippen LogP contribution in [0.3, 0.4) is 0 Å². The largest absolute Gasteiger partial charge is 0.459 e. The Morgan fingerprint density at radius 3 is 2.44 bits per heavy atom. The quantitative estimate of drug-likeness (QED) is 0.736. The van der Waals surface area contributed by atoms with Crippen molar-refractivity contribution in [2.24, 2.45) is 5.92 Å². The number of carbonyl (C=O) groups excluding carboxylic acids is 1. The minimum atomic E-state index is -0.390. The molecular weight excluding hydrogens is 207 g/mol. The van der Waals surface area contributed by atoms with Crippen LogP contribution in [0.1, 0.15) is 36.7 Å². The number of esters is 1. The Morgan fingerprint density at radius 1 is 1.31 bits per heavy atom. The minimum Gasteiger partial charge on any atom is -0.459 e. The molecule has 2 nitrogen and oxygen atoms in total. The smallest absolute Gasteiger partial charge is 0.338 e. The highest BCUT2D eigenvalue weighted by Gasteiger charge is 2.16. The molecule has 0 bridgehead atoms. The molecule has 0 amide bonds. The topological polar surface area (TPSA) is 26.3 Å². The molecule has 0 aromatic heterocycles. The first-order chi connectivity index (χ1) is 7.41. The lowest BCUT2D eigenvalue weighted by Gasteiger charge is -2.17. The molecule has 3 heteroatoms. The first-order valence-electron chi connectivity index (χ1n) is 5.39. The average Bonchev–Trinajstić information content (AvgIpc) is 2.16. The van der Waals surface area contributed by atoms with Gasteiger partial charge >= 0.3 is 5.97 Å². The van der Waals surface area contributed by atoms with Crippen LogP contribution in [0.15, 0.2) is 18.2 Å². The van der Waals surface area contributed by atoms with Crippen LogP contribution in [-0.2, 0) is 4.74 Å². The molecule has 1 aromatic carbocycles. The van der Waals surface area contributed by atoms with Gasteiger partial charge in [-0.3, -0.25) is 0 Å². The summed E-state index contributed by atoms with van der Waals surface area (Å²) >= 11 is 0. The number of hydrogen-bond donors (Lipinski definition) is 0. The molecule has 1 unspecified atom stereocenters. The van der Waals surface area contributed by atoms with Gasteiger partial charge in [0.05, 0.1) is 5.56 Å². The van der Waals surface area contributed by atoms with Crippen molar-refractivity contribution in [1.29, 1.82) is 0 Å². The molecule has 0 spiro atoms. The van der Waals surface area contributed by atoms with Gasteiger partial charge in [0.2, 0.25) is 0 Å². The van der Waals surface area contributed by atoms with Crippen molar-refractivity contribution in [3.05, 3.63) is 35.1 Å². The number of halogens is 1. The predicted octanol–water partition coefficient (Wildman–Crippen LogP) is 3.34. The lowest BCUT2D eigenvalue weighted by Crippen LogP contribution is -2.20. The summed E-state index contributed by atoms with van der Waals surface area (Å²) in [7, 11) is 0. The highest BCUT2D eigenvalue weighted by Crippen LogP contribution is 2.14. The van der Waals surface area contributed by atoms with Crippen molar-refractivity contribution < 1.29 is 13.9 Å². The standard InChI is InChI=1S/C13H17FO2/c1-8(2)10(4)16-13(15)12-6-5-11(14)7-9(12)3/h5-8,10H,1-4H3. The summed E-state index contributed by atoms with van der Waals surface area (Å²) < 4.78 is 18.1. The Balaban J connectivity index is 2.81. The summed E-state index contributed by atoms with van der Waals surface area (Å²) in [5.41, 5.74) is 1.02. The minimum absolute atomic E-state index is 0.142. The summed E-state index contributed by atoms with van der Waals surface area (Å²) in [5, 5.41) is 0. The van der Waals surface area contributed by atoms with Crippen molar-refractivity contribution >= 4 is 5.97 Å². The monoisotopic (exact) mass is 224 g/mol. The summed E-state index contributed by atoms with van der Waals surface area (Å²) in [6.45, 7) is 7.51. The van der Waals surface area contributed by atoms with Crippen molar-refractivity contribution in [2.75, 3.05) is 0 Å². The van der Waals surface area contributed by atoms with E-state index in [0.29, 0.717) is 11.1 Å². The van der Waals surface area contributed by atoms with E-state index >= 15 is 0 Å². The molecule has 0 aliphatic carbocycles. The highest BCUT2D eigenvalue weighted by molar-refractivity contribution is 5.91. The maximum atomic E-state index is 12.8. The second kappa shape index (κ2) is 5.10. The molecule has 0 fully saturated rings. The van der Waals surface area contributed by atoms with Crippen molar-refractivity contribution in [3.63, 3.8) is 0 Å². The van der Waals surface area contributed by atoms with E-state index in [-0.39, 0.29) is 17.8 Å². The van der Waals surface area contributed by atoms with Crippen molar-refractivity contribution in [2.45, 2.75) is 33.8 Å². The predicted molar refractivity (Wildman–Crippen MR) is 60.9 cm³/mol. The van der Waals surface area contributed by atoms with Crippen molar-refractivity contribution in [1.82, 2.24) is 0 Å². The molecular formula is C13H17FO2. The van der Waals surface area contributed by atoms with Gasteiger partial charge in [0.15, 0.2) is 0 Å². The van der Waals surface area contributed by atoms with Crippen LogP contribution >= 0.6 is 0 Å². The second-order valence-electron chi connectivity index (χ2n) is 4.31. The van der Waals surface area contributed by atoms with Gasteiger partial charge in [-0.1, -0.05) is 13.8 Å². The van der Waals surface area contributed by atoms with Crippen LogP contribution in [0.25, 0.3) is 0 Å². The Kier molecular flexibility index (Phi) is 4.05. The molecule has 0 saturated carbocycles. The molecule has 0 radical (unpaired) electrons. The van der Waals surface area contributed by atoms with Gasteiger partial charge in [0.1, 0.15) is 11.9 Å². The number of hydrogen-bond acceptors (Lipinski definition) is 2. The van der Waals surface area contributed by atoms with E-state index in [9.17, 15) is 9.18 Å². The molecule has 16 heavy (non-hydrogen) atoms. The molecule has 0 aliphatic rings. The number of rotatable bonds is 3. The van der Waals surface area contributed by atoms with E-state index in [1.54, 1.807) is 6.92 Å². The molecule has 1 atom stereocenters. The van der Waals surface area contributed by atoms with E-state index < -0.39 is 5.97 Å². The summed E-state index contributed by atoms with van der Waals surface area (Å²) in [5.74, 6) is -0.464. The van der Waals surface area contributed by atoms with E-state index in [2.05, 4.69) is 0 Å². The molecule has 0 heterocycles. The van der Waals surface area contributed by atoms with E-state index in [1.807, 2.05) is 20.8 Å². The zero-order valence-electron chi connectivity index (χ0n) is 10.1. The van der Waals surface area contributed by atoms with Crippen LogP contribution in [0.2, 0.25) is 0 Å². The first kappa shape index (κ1) is 12.7. The molecule has 0 aliphatic heterocycles. The third-order valence-corrected chi connectivity index (χ3v) is 2.64. The van der Waals surface area contributed by atoms with Crippen LogP contribution in [0.4, 0.5) is 4.39 Å². The fraction of sp³-hybridized carbons (Fsp3) is 0.462. The van der Waals surface area contributed by atoms with E-state index in [4.69, 9.17) is 4.74 Å². The fourth-order valence-electron chi connectivity index (χ4n) is 1.22. The lowest BCUT2D eigenvalue weighted by molar-refractivity contribution is 0.0237. The zero-order valence-corrected chi connectivity index (χ0v) is 10.1. The SMILES string of the molecule is Cc1cc(F)ccc1C(=O)OC(C)C(C)C. The van der Waals surface area contributed by atoms with Crippen LogP contribution in [-0.4, -0.2) is 12.1 Å². The third-order valence-electron chi connectivity index (χ3n) is 2.64. The molecule has 88 valence electrons. The zero-order chi connectivity index (χ0) is 12.3. The molecule has 0 saturated heterocycles. The summed E-state index contributed by atoms with van der Waals surface area (Å²) in [4.78, 5) is 11.7. The van der Waals surface area contributed by atoms with Crippen LogP contribution in [0, 0.1) is 18.7 Å². The Hall–Kier alpha value is -1.38. The highest BCUT2D eigenvalue weighted by atomic mass is 19.1. The molecule has 0 N–H and O–H groups in total. The van der Waals surface area contributed by atoms with Crippen LogP contribution < -0.4 is 0 Å². The number of benzene rings is 1. The molecule has 1 rings (SSSR count). The summed E-state index contributed by atoms with van der Waals surface area (Å²) in [6, 6.07) is 4.06. The Bertz CT molecular complexity index is 386. The van der Waals surface area contributed by atoms with Gasteiger partial charge in [-0.05, 0) is 43.5 Å². The van der Waals surface area contributed by atoms with Gasteiger partial charge < -0.3 is 4.74 Å². The number of ether oxygens (including phenoxy) is 1. The van der Waals surface area contributed by atoms with Gasteiger partial charge in [-0.2, -0.15) is 0 Å². The van der Waals surface area contributed by atoms with Gasteiger partial charge in [-0.25, -0.2) is 9.18 Å². The van der Waals surface area contributed by atoms with E-state index in [1.165, 1.54) is 18.2 Å².